The zero-order chi connectivity index (χ0) is 18.9. The molecule has 0 bridgehead atoms. The molecule has 3 N–H and O–H groups in total. The van der Waals surface area contributed by atoms with Crippen LogP contribution in [0.2, 0.25) is 0 Å². The Kier molecular flexibility index (Phi) is 4.72. The van der Waals surface area contributed by atoms with Crippen LogP contribution in [-0.2, 0) is 4.74 Å². The number of imidazole rings is 1. The summed E-state index contributed by atoms with van der Waals surface area (Å²) >= 11 is 1.86. The molecule has 0 aliphatic carbocycles. The van der Waals surface area contributed by atoms with E-state index in [-0.39, 0.29) is 5.88 Å². The molecule has 2 aromatic carbocycles. The Balaban J connectivity index is 1.37. The van der Waals surface area contributed by atoms with E-state index in [0.29, 0.717) is 11.4 Å². The average Bonchev–Trinajstić information content (AvgIpc) is 3.27. The number of hydrogen-bond donors (Lipinski definition) is 3. The normalized spacial score (nSPS) is 15.6. The molecule has 0 saturated carbocycles. The summed E-state index contributed by atoms with van der Waals surface area (Å²) in [5.74, 6) is 1.87. The minimum Gasteiger partial charge on any atom is -0.494 e. The van der Waals surface area contributed by atoms with Crippen molar-refractivity contribution in [1.82, 2.24) is 19.9 Å². The summed E-state index contributed by atoms with van der Waals surface area (Å²) < 4.78 is 5.40. The van der Waals surface area contributed by atoms with Gasteiger partial charge in [0.1, 0.15) is 5.82 Å². The van der Waals surface area contributed by atoms with Crippen LogP contribution in [-0.4, -0.2) is 63.6 Å². The number of nitrogens with zero attached hydrogens (tertiary/aromatic N) is 2. The lowest BCUT2D eigenvalue weighted by Gasteiger charge is -2.26. The van der Waals surface area contributed by atoms with Crippen LogP contribution in [0.3, 0.4) is 0 Å². The molecule has 1 saturated heterocycles. The smallest absolute Gasteiger partial charge is 0.200 e. The van der Waals surface area contributed by atoms with Crippen LogP contribution in [0.15, 0.2) is 47.4 Å². The molecule has 7 heteroatoms. The van der Waals surface area contributed by atoms with Crippen LogP contribution in [0.25, 0.3) is 33.3 Å². The second kappa shape index (κ2) is 7.50. The molecule has 28 heavy (non-hydrogen) atoms. The third kappa shape index (κ3) is 3.37. The van der Waals surface area contributed by atoms with Gasteiger partial charge in [0.2, 0.25) is 5.88 Å². The number of morpholine rings is 1. The molecule has 144 valence electrons. The first-order valence-electron chi connectivity index (χ1n) is 9.51. The third-order valence-corrected chi connectivity index (χ3v) is 6.13. The van der Waals surface area contributed by atoms with Gasteiger partial charge in [0.25, 0.3) is 0 Å². The summed E-state index contributed by atoms with van der Waals surface area (Å²) in [5, 5.41) is 11.3. The number of aromatic nitrogens is 3. The summed E-state index contributed by atoms with van der Waals surface area (Å²) in [7, 11) is 0. The number of thioether (sulfide) groups is 1. The van der Waals surface area contributed by atoms with E-state index >= 15 is 0 Å². The predicted molar refractivity (Wildman–Crippen MR) is 113 cm³/mol. The van der Waals surface area contributed by atoms with E-state index in [1.54, 1.807) is 0 Å². The first kappa shape index (κ1) is 17.6. The molecule has 1 aliphatic rings. The number of benzene rings is 2. The first-order chi connectivity index (χ1) is 13.8. The van der Waals surface area contributed by atoms with E-state index in [1.165, 1.54) is 4.90 Å². The first-order valence-corrected chi connectivity index (χ1v) is 10.5. The number of ether oxygens (including phenoxy) is 1. The minimum atomic E-state index is 0.139. The monoisotopic (exact) mass is 394 g/mol. The van der Waals surface area contributed by atoms with Crippen LogP contribution in [0, 0.1) is 0 Å². The minimum absolute atomic E-state index is 0.139. The highest BCUT2D eigenvalue weighted by atomic mass is 32.2. The summed E-state index contributed by atoms with van der Waals surface area (Å²) in [4.78, 5) is 14.8. The van der Waals surface area contributed by atoms with Gasteiger partial charge in [-0.1, -0.05) is 18.2 Å². The van der Waals surface area contributed by atoms with E-state index in [2.05, 4.69) is 27.0 Å². The average molecular weight is 395 g/mol. The molecule has 1 fully saturated rings. The van der Waals surface area contributed by atoms with Gasteiger partial charge in [-0.25, -0.2) is 4.98 Å². The highest BCUT2D eigenvalue weighted by molar-refractivity contribution is 7.99. The topological polar surface area (TPSA) is 77.2 Å². The van der Waals surface area contributed by atoms with E-state index in [9.17, 15) is 5.11 Å². The number of H-pyrrole nitrogens is 2. The molecule has 0 spiro atoms. The fourth-order valence-electron chi connectivity index (χ4n) is 3.68. The highest BCUT2D eigenvalue weighted by Gasteiger charge is 2.16. The number of hydrogen-bond acceptors (Lipinski definition) is 5. The van der Waals surface area contributed by atoms with Crippen molar-refractivity contribution in [3.63, 3.8) is 0 Å². The van der Waals surface area contributed by atoms with E-state index in [0.717, 1.165) is 60.5 Å². The Morgan fingerprint density at radius 2 is 1.93 bits per heavy atom. The van der Waals surface area contributed by atoms with Crippen LogP contribution in [0.1, 0.15) is 0 Å². The van der Waals surface area contributed by atoms with Crippen molar-refractivity contribution < 1.29 is 9.84 Å². The molecular formula is C21H22N4O2S. The molecule has 0 amide bonds. The Morgan fingerprint density at radius 3 is 2.82 bits per heavy atom. The molecule has 6 nitrogen and oxygen atoms in total. The predicted octanol–water partition coefficient (Wildman–Crippen LogP) is 3.84. The van der Waals surface area contributed by atoms with Crippen molar-refractivity contribution in [2.45, 2.75) is 4.90 Å². The SMILES string of the molecule is Oc1[nH]c2ccccc2c1-c1nc2ccc(SCCN3CCOCC3)cc2[nH]1. The van der Waals surface area contributed by atoms with Gasteiger partial charge in [0.15, 0.2) is 0 Å². The molecule has 3 heterocycles. The molecule has 2 aromatic heterocycles. The lowest BCUT2D eigenvalue weighted by Crippen LogP contribution is -2.37. The van der Waals surface area contributed by atoms with Gasteiger partial charge in [-0.15, -0.1) is 11.8 Å². The molecule has 4 aromatic rings. The van der Waals surface area contributed by atoms with Crippen molar-refractivity contribution >= 4 is 33.7 Å². The lowest BCUT2D eigenvalue weighted by molar-refractivity contribution is 0.0410. The second-order valence-electron chi connectivity index (χ2n) is 6.96. The molecule has 0 atom stereocenters. The van der Waals surface area contributed by atoms with Crippen molar-refractivity contribution in [1.29, 1.82) is 0 Å². The third-order valence-electron chi connectivity index (χ3n) is 5.16. The van der Waals surface area contributed by atoms with E-state index < -0.39 is 0 Å². The van der Waals surface area contributed by atoms with Gasteiger partial charge in [-0.3, -0.25) is 4.90 Å². The molecule has 0 radical (unpaired) electrons. The van der Waals surface area contributed by atoms with E-state index in [1.807, 2.05) is 42.1 Å². The van der Waals surface area contributed by atoms with Crippen LogP contribution >= 0.6 is 11.8 Å². The second-order valence-corrected chi connectivity index (χ2v) is 8.13. The largest absolute Gasteiger partial charge is 0.494 e. The molecule has 1 aliphatic heterocycles. The van der Waals surface area contributed by atoms with Gasteiger partial charge >= 0.3 is 0 Å². The Labute approximate surface area is 166 Å². The van der Waals surface area contributed by atoms with Crippen LogP contribution < -0.4 is 0 Å². The van der Waals surface area contributed by atoms with Crippen molar-refractivity contribution in [3.8, 4) is 17.3 Å². The maximum Gasteiger partial charge on any atom is 0.200 e. The van der Waals surface area contributed by atoms with Gasteiger partial charge in [-0.05, 0) is 24.3 Å². The number of fused-ring (bicyclic) bond motifs is 2. The summed E-state index contributed by atoms with van der Waals surface area (Å²) in [6, 6.07) is 14.1. The van der Waals surface area contributed by atoms with E-state index in [4.69, 9.17) is 9.72 Å². The number of nitrogens with one attached hydrogen (secondary N) is 2. The Hall–Kier alpha value is -2.48. The maximum absolute atomic E-state index is 10.4. The van der Waals surface area contributed by atoms with Gasteiger partial charge < -0.3 is 19.8 Å². The summed E-state index contributed by atoms with van der Waals surface area (Å²) in [5.41, 5.74) is 3.50. The Morgan fingerprint density at radius 1 is 1.07 bits per heavy atom. The summed E-state index contributed by atoms with van der Waals surface area (Å²) in [6.07, 6.45) is 0. The Bertz CT molecular complexity index is 1110. The molecule has 0 unspecified atom stereocenters. The van der Waals surface area contributed by atoms with Crippen LogP contribution in [0.5, 0.6) is 5.88 Å². The summed E-state index contributed by atoms with van der Waals surface area (Å²) in [6.45, 7) is 4.81. The van der Waals surface area contributed by atoms with Crippen LogP contribution in [0.4, 0.5) is 0 Å². The number of para-hydroxylation sites is 1. The standard InChI is InChI=1S/C21H22N4O2S/c26-21-19(15-3-1-2-4-16(15)24-21)20-22-17-6-5-14(13-18(17)23-20)28-12-9-25-7-10-27-11-8-25/h1-6,13,24,26H,7-12H2,(H,22,23). The maximum atomic E-state index is 10.4. The van der Waals surface area contributed by atoms with Gasteiger partial charge in [0.05, 0.1) is 29.8 Å². The zero-order valence-electron chi connectivity index (χ0n) is 15.4. The van der Waals surface area contributed by atoms with Crippen molar-refractivity contribution in [3.05, 3.63) is 42.5 Å². The van der Waals surface area contributed by atoms with Crippen molar-refractivity contribution in [2.24, 2.45) is 0 Å². The number of aromatic hydroxyl groups is 1. The number of rotatable bonds is 5. The molecular weight excluding hydrogens is 372 g/mol. The molecule has 5 rings (SSSR count). The zero-order valence-corrected chi connectivity index (χ0v) is 16.3. The number of aromatic amines is 2. The highest BCUT2D eigenvalue weighted by Crippen LogP contribution is 2.36. The van der Waals surface area contributed by atoms with Gasteiger partial charge in [-0.2, -0.15) is 0 Å². The van der Waals surface area contributed by atoms with Gasteiger partial charge in [0, 0.05) is 41.2 Å². The quantitative estimate of drug-likeness (QED) is 0.448. The fourth-order valence-corrected chi connectivity index (χ4v) is 4.63. The fraction of sp³-hybridized carbons (Fsp3) is 0.286. The van der Waals surface area contributed by atoms with Crippen molar-refractivity contribution in [2.75, 3.05) is 38.6 Å². The lowest BCUT2D eigenvalue weighted by atomic mass is 10.1.